The molecule has 20 heavy (non-hydrogen) atoms. The summed E-state index contributed by atoms with van der Waals surface area (Å²) in [6.07, 6.45) is 2.73. The van der Waals surface area contributed by atoms with Crippen LogP contribution in [0, 0.1) is 6.92 Å². The first-order valence-electron chi connectivity index (χ1n) is 7.33. The van der Waals surface area contributed by atoms with Crippen molar-refractivity contribution in [3.63, 3.8) is 0 Å². The number of likely N-dealkylation sites (tertiary alicyclic amines) is 1. The first-order valence-corrected chi connectivity index (χ1v) is 7.33. The second-order valence-electron chi connectivity index (χ2n) is 6.12. The summed E-state index contributed by atoms with van der Waals surface area (Å²) >= 11 is 0. The monoisotopic (exact) mass is 274 g/mol. The van der Waals surface area contributed by atoms with Gasteiger partial charge in [-0.25, -0.2) is 0 Å². The number of aryl methyl sites for hydroxylation is 1. The largest absolute Gasteiger partial charge is 0.373 e. The molecule has 4 nitrogen and oxygen atoms in total. The van der Waals surface area contributed by atoms with Crippen LogP contribution in [0.15, 0.2) is 24.3 Å². The maximum Gasteiger partial charge on any atom is 0.253 e. The number of nitrogens with zero attached hydrogens (tertiary/aromatic N) is 1. The zero-order chi connectivity index (χ0) is 14.2. The van der Waals surface area contributed by atoms with Gasteiger partial charge < -0.3 is 15.4 Å². The lowest BCUT2D eigenvalue weighted by Crippen LogP contribution is -2.46. The summed E-state index contributed by atoms with van der Waals surface area (Å²) in [5, 5.41) is 0. The molecule has 2 aliphatic rings. The molecule has 0 aliphatic carbocycles. The Kier molecular flexibility index (Phi) is 3.52. The van der Waals surface area contributed by atoms with E-state index in [4.69, 9.17) is 10.5 Å². The van der Waals surface area contributed by atoms with Gasteiger partial charge in [0.15, 0.2) is 0 Å². The highest BCUT2D eigenvalue weighted by molar-refractivity contribution is 5.94. The molecular formula is C16H22N2O2. The van der Waals surface area contributed by atoms with Gasteiger partial charge >= 0.3 is 0 Å². The van der Waals surface area contributed by atoms with E-state index in [0.717, 1.165) is 37.9 Å². The van der Waals surface area contributed by atoms with Crippen molar-refractivity contribution in [3.8, 4) is 0 Å². The lowest BCUT2D eigenvalue weighted by atomic mass is 9.87. The minimum Gasteiger partial charge on any atom is -0.373 e. The fourth-order valence-corrected chi connectivity index (χ4v) is 3.22. The number of carbonyl (C=O) groups is 1. The van der Waals surface area contributed by atoms with E-state index in [-0.39, 0.29) is 17.6 Å². The summed E-state index contributed by atoms with van der Waals surface area (Å²) in [6.45, 7) is 4.21. The van der Waals surface area contributed by atoms with Crippen LogP contribution in [-0.4, -0.2) is 42.1 Å². The van der Waals surface area contributed by atoms with Gasteiger partial charge in [0.2, 0.25) is 0 Å². The third-order valence-electron chi connectivity index (χ3n) is 4.50. The van der Waals surface area contributed by atoms with Crippen molar-refractivity contribution in [2.45, 2.75) is 37.8 Å². The molecule has 2 aliphatic heterocycles. The molecule has 0 saturated carbocycles. The lowest BCUT2D eigenvalue weighted by Gasteiger charge is -2.38. The van der Waals surface area contributed by atoms with Crippen LogP contribution in [-0.2, 0) is 4.74 Å². The van der Waals surface area contributed by atoms with Gasteiger partial charge in [0.25, 0.3) is 5.91 Å². The fraction of sp³-hybridized carbons (Fsp3) is 0.562. The van der Waals surface area contributed by atoms with E-state index in [1.807, 2.05) is 36.1 Å². The van der Waals surface area contributed by atoms with E-state index in [1.165, 1.54) is 5.56 Å². The number of benzene rings is 1. The average Bonchev–Trinajstić information content (AvgIpc) is 2.81. The molecule has 1 aromatic carbocycles. The Morgan fingerprint density at radius 3 is 2.50 bits per heavy atom. The smallest absolute Gasteiger partial charge is 0.253 e. The van der Waals surface area contributed by atoms with Crippen molar-refractivity contribution >= 4 is 5.91 Å². The Morgan fingerprint density at radius 2 is 1.95 bits per heavy atom. The molecule has 2 N–H and O–H groups in total. The molecule has 1 atom stereocenters. The van der Waals surface area contributed by atoms with Gasteiger partial charge in [-0.2, -0.15) is 0 Å². The van der Waals surface area contributed by atoms with Crippen LogP contribution >= 0.6 is 0 Å². The second kappa shape index (κ2) is 5.19. The minimum atomic E-state index is -0.0660. The topological polar surface area (TPSA) is 55.6 Å². The van der Waals surface area contributed by atoms with Crippen LogP contribution in [0.5, 0.6) is 0 Å². The van der Waals surface area contributed by atoms with Gasteiger partial charge in [-0.15, -0.1) is 0 Å². The number of ether oxygens (including phenoxy) is 1. The highest BCUT2D eigenvalue weighted by Gasteiger charge is 2.42. The van der Waals surface area contributed by atoms with Crippen molar-refractivity contribution < 1.29 is 9.53 Å². The SMILES string of the molecule is Cc1ccc(C(=O)N2CCC3(CC2)C[C@@H](N)CO3)cc1. The molecule has 0 bridgehead atoms. The fourth-order valence-electron chi connectivity index (χ4n) is 3.22. The predicted octanol–water partition coefficient (Wildman–Crippen LogP) is 1.72. The van der Waals surface area contributed by atoms with Crippen molar-refractivity contribution in [3.05, 3.63) is 35.4 Å². The Morgan fingerprint density at radius 1 is 1.30 bits per heavy atom. The zero-order valence-corrected chi connectivity index (χ0v) is 12.0. The molecule has 4 heteroatoms. The maximum absolute atomic E-state index is 12.4. The summed E-state index contributed by atoms with van der Waals surface area (Å²) in [7, 11) is 0. The number of nitrogens with two attached hydrogens (primary N) is 1. The Hall–Kier alpha value is -1.39. The van der Waals surface area contributed by atoms with Crippen molar-refractivity contribution in [1.82, 2.24) is 4.90 Å². The van der Waals surface area contributed by atoms with Crippen LogP contribution < -0.4 is 5.73 Å². The first kappa shape index (κ1) is 13.6. The van der Waals surface area contributed by atoms with E-state index in [2.05, 4.69) is 0 Å². The molecule has 1 amide bonds. The molecule has 0 unspecified atom stereocenters. The van der Waals surface area contributed by atoms with Gasteiger partial charge in [-0.05, 0) is 38.3 Å². The number of hydrogen-bond acceptors (Lipinski definition) is 3. The maximum atomic E-state index is 12.4. The molecule has 2 saturated heterocycles. The van der Waals surface area contributed by atoms with Gasteiger partial charge in [-0.1, -0.05) is 17.7 Å². The predicted molar refractivity (Wildman–Crippen MR) is 77.6 cm³/mol. The van der Waals surface area contributed by atoms with Gasteiger partial charge in [0, 0.05) is 24.7 Å². The quantitative estimate of drug-likeness (QED) is 0.848. The number of hydrogen-bond donors (Lipinski definition) is 1. The van der Waals surface area contributed by atoms with Gasteiger partial charge in [-0.3, -0.25) is 4.79 Å². The van der Waals surface area contributed by atoms with Crippen LogP contribution in [0.4, 0.5) is 0 Å². The number of rotatable bonds is 1. The first-order chi connectivity index (χ1) is 9.58. The van der Waals surface area contributed by atoms with Crippen LogP contribution in [0.1, 0.15) is 35.2 Å². The van der Waals surface area contributed by atoms with Crippen LogP contribution in [0.3, 0.4) is 0 Å². The van der Waals surface area contributed by atoms with E-state index < -0.39 is 0 Å². The summed E-state index contributed by atoms with van der Waals surface area (Å²) in [5.41, 5.74) is 7.82. The summed E-state index contributed by atoms with van der Waals surface area (Å²) in [6, 6.07) is 7.94. The average molecular weight is 274 g/mol. The standard InChI is InChI=1S/C16H22N2O2/c1-12-2-4-13(5-3-12)15(19)18-8-6-16(7-9-18)10-14(17)11-20-16/h2-5,14H,6-11,17H2,1H3/t14-/m1/s1. The molecule has 2 fully saturated rings. The highest BCUT2D eigenvalue weighted by atomic mass is 16.5. The van der Waals surface area contributed by atoms with E-state index in [1.54, 1.807) is 0 Å². The van der Waals surface area contributed by atoms with Crippen molar-refractivity contribution in [2.24, 2.45) is 5.73 Å². The summed E-state index contributed by atoms with van der Waals surface area (Å²) < 4.78 is 5.88. The number of amides is 1. The van der Waals surface area contributed by atoms with Gasteiger partial charge in [0.1, 0.15) is 0 Å². The highest BCUT2D eigenvalue weighted by Crippen LogP contribution is 2.35. The second-order valence-corrected chi connectivity index (χ2v) is 6.12. The summed E-state index contributed by atoms with van der Waals surface area (Å²) in [4.78, 5) is 14.4. The minimum absolute atomic E-state index is 0.0660. The van der Waals surface area contributed by atoms with E-state index in [0.29, 0.717) is 6.61 Å². The molecule has 1 spiro atoms. The molecule has 3 rings (SSSR count). The lowest BCUT2D eigenvalue weighted by molar-refractivity contribution is -0.0388. The summed E-state index contributed by atoms with van der Waals surface area (Å²) in [5.74, 6) is 0.127. The molecule has 0 radical (unpaired) electrons. The van der Waals surface area contributed by atoms with Crippen molar-refractivity contribution in [1.29, 1.82) is 0 Å². The van der Waals surface area contributed by atoms with Crippen molar-refractivity contribution in [2.75, 3.05) is 19.7 Å². The Bertz CT molecular complexity index is 490. The van der Waals surface area contributed by atoms with E-state index in [9.17, 15) is 4.79 Å². The van der Waals surface area contributed by atoms with E-state index >= 15 is 0 Å². The Balaban J connectivity index is 1.63. The third kappa shape index (κ3) is 2.58. The molecule has 1 aromatic rings. The molecule has 108 valence electrons. The van der Waals surface area contributed by atoms with Gasteiger partial charge in [0.05, 0.1) is 12.2 Å². The third-order valence-corrected chi connectivity index (χ3v) is 4.50. The zero-order valence-electron chi connectivity index (χ0n) is 12.0. The van der Waals surface area contributed by atoms with Crippen LogP contribution in [0.2, 0.25) is 0 Å². The molecular weight excluding hydrogens is 252 g/mol. The molecule has 2 heterocycles. The number of carbonyl (C=O) groups excluding carboxylic acids is 1. The Labute approximate surface area is 119 Å². The molecule has 0 aromatic heterocycles. The normalized spacial score (nSPS) is 25.1. The van der Waals surface area contributed by atoms with Crippen LogP contribution in [0.25, 0.3) is 0 Å². The number of piperidine rings is 1.